The molecular weight excluding hydrogens is 450 g/mol. The summed E-state index contributed by atoms with van der Waals surface area (Å²) >= 11 is 3.49. The number of hydrogen-bond donors (Lipinski definition) is 0. The molecule has 0 amide bonds. The highest BCUT2D eigenvalue weighted by atomic mass is 79.9. The lowest BCUT2D eigenvalue weighted by atomic mass is 10.0. The van der Waals surface area contributed by atoms with Crippen molar-refractivity contribution >= 4 is 38.7 Å². The monoisotopic (exact) mass is 469 g/mol. The van der Waals surface area contributed by atoms with Gasteiger partial charge in [-0.05, 0) is 61.6 Å². The van der Waals surface area contributed by atoms with Gasteiger partial charge < -0.3 is 9.47 Å². The minimum Gasteiger partial charge on any atom is -0.493 e. The van der Waals surface area contributed by atoms with E-state index in [9.17, 15) is 4.79 Å². The molecule has 0 bridgehead atoms. The summed E-state index contributed by atoms with van der Waals surface area (Å²) in [5, 5.41) is 0. The number of hydrogen-bond acceptors (Lipinski definition) is 4. The zero-order valence-electron chi connectivity index (χ0n) is 14.0. The molecule has 0 N–H and O–H groups in total. The topological polar surface area (TPSA) is 48.4 Å². The number of nitrogens with zero attached hydrogens (tertiary/aromatic N) is 1. The van der Waals surface area contributed by atoms with Gasteiger partial charge >= 0.3 is 0 Å². The number of methoxy groups -OCH3 is 1. The zero-order valence-corrected chi connectivity index (χ0v) is 17.3. The van der Waals surface area contributed by atoms with Gasteiger partial charge in [0.15, 0.2) is 17.3 Å². The van der Waals surface area contributed by atoms with Crippen molar-refractivity contribution in [3.63, 3.8) is 0 Å². The third-order valence-electron chi connectivity index (χ3n) is 4.27. The predicted octanol–water partition coefficient (Wildman–Crippen LogP) is 5.31. The van der Waals surface area contributed by atoms with Crippen LogP contribution in [0.3, 0.4) is 0 Å². The molecule has 1 aliphatic carbocycles. The maximum Gasteiger partial charge on any atom is 0.181 e. The van der Waals surface area contributed by atoms with Crippen molar-refractivity contribution in [2.24, 2.45) is 0 Å². The van der Waals surface area contributed by atoms with Gasteiger partial charge in [-0.25, -0.2) is 0 Å². The maximum atomic E-state index is 12.8. The summed E-state index contributed by atoms with van der Waals surface area (Å²) in [7, 11) is 1.61. The zero-order chi connectivity index (χ0) is 16.9. The minimum absolute atomic E-state index is 0. The average Bonchev–Trinajstić information content (AvgIpc) is 3.14. The van der Waals surface area contributed by atoms with Gasteiger partial charge in [0, 0.05) is 18.0 Å². The van der Waals surface area contributed by atoms with E-state index in [1.165, 1.54) is 12.8 Å². The second-order valence-electron chi connectivity index (χ2n) is 5.90. The first kappa shape index (κ1) is 19.9. The number of ketones is 1. The molecule has 1 atom stereocenters. The number of aromatic nitrogens is 1. The molecule has 1 fully saturated rings. The lowest BCUT2D eigenvalue weighted by Crippen LogP contribution is -2.13. The Morgan fingerprint density at radius 2 is 1.84 bits per heavy atom. The van der Waals surface area contributed by atoms with Crippen molar-refractivity contribution in [2.45, 2.75) is 36.6 Å². The number of ether oxygens (including phenoxy) is 2. The molecular formula is C19H21Br2NO3. The van der Waals surface area contributed by atoms with Gasteiger partial charge in [0.05, 0.1) is 13.2 Å². The van der Waals surface area contributed by atoms with Crippen LogP contribution in [0.5, 0.6) is 11.5 Å². The molecule has 0 radical (unpaired) electrons. The Bertz CT molecular complexity index is 703. The van der Waals surface area contributed by atoms with Crippen LogP contribution in [0.4, 0.5) is 0 Å². The van der Waals surface area contributed by atoms with E-state index in [2.05, 4.69) is 20.9 Å². The summed E-state index contributed by atoms with van der Waals surface area (Å²) < 4.78 is 11.5. The number of carbonyl (C=O) groups is 1. The lowest BCUT2D eigenvalue weighted by molar-refractivity contribution is 0.0990. The molecule has 0 saturated heterocycles. The molecule has 0 spiro atoms. The van der Waals surface area contributed by atoms with Crippen molar-refractivity contribution in [3.8, 4) is 11.5 Å². The number of alkyl halides is 1. The van der Waals surface area contributed by atoms with E-state index in [-0.39, 0.29) is 28.9 Å². The van der Waals surface area contributed by atoms with Gasteiger partial charge in [-0.3, -0.25) is 9.78 Å². The molecule has 134 valence electrons. The highest BCUT2D eigenvalue weighted by Crippen LogP contribution is 2.34. The van der Waals surface area contributed by atoms with Crippen LogP contribution < -0.4 is 9.47 Å². The highest BCUT2D eigenvalue weighted by Gasteiger charge is 2.22. The summed E-state index contributed by atoms with van der Waals surface area (Å²) in [6, 6.07) is 9.02. The number of carbonyl (C=O) groups excluding carboxylic acids is 1. The minimum atomic E-state index is -0.409. The number of Topliss-reactive ketones (excluding diaryl/α,β-unsaturated/α-hetero) is 1. The summed E-state index contributed by atoms with van der Waals surface area (Å²) in [4.78, 5) is 16.3. The van der Waals surface area contributed by atoms with Crippen LogP contribution in [0, 0.1) is 0 Å². The van der Waals surface area contributed by atoms with Crippen LogP contribution >= 0.6 is 32.9 Å². The summed E-state index contributed by atoms with van der Waals surface area (Å²) in [6.07, 6.45) is 8.07. The quantitative estimate of drug-likeness (QED) is 0.424. The number of pyridine rings is 1. The summed E-state index contributed by atoms with van der Waals surface area (Å²) in [6.45, 7) is 0. The molecule has 0 aliphatic heterocycles. The Labute approximate surface area is 166 Å². The van der Waals surface area contributed by atoms with Gasteiger partial charge in [0.1, 0.15) is 4.83 Å². The fraction of sp³-hybridized carbons (Fsp3) is 0.368. The summed E-state index contributed by atoms with van der Waals surface area (Å²) in [5.41, 5.74) is 1.48. The molecule has 1 aromatic carbocycles. The third-order valence-corrected chi connectivity index (χ3v) is 5.22. The fourth-order valence-electron chi connectivity index (χ4n) is 2.94. The Hall–Kier alpha value is -1.40. The van der Waals surface area contributed by atoms with Crippen molar-refractivity contribution in [3.05, 3.63) is 53.9 Å². The van der Waals surface area contributed by atoms with E-state index in [4.69, 9.17) is 9.47 Å². The van der Waals surface area contributed by atoms with Gasteiger partial charge in [-0.15, -0.1) is 17.0 Å². The van der Waals surface area contributed by atoms with Gasteiger partial charge in [0.25, 0.3) is 0 Å². The Balaban J connectivity index is 0.00000225. The van der Waals surface area contributed by atoms with E-state index in [1.54, 1.807) is 37.7 Å². The van der Waals surface area contributed by atoms with E-state index < -0.39 is 4.83 Å². The van der Waals surface area contributed by atoms with Gasteiger partial charge in [-0.1, -0.05) is 15.9 Å². The van der Waals surface area contributed by atoms with Crippen LogP contribution in [0.25, 0.3) is 0 Å². The third kappa shape index (κ3) is 4.82. The van der Waals surface area contributed by atoms with E-state index in [0.29, 0.717) is 17.1 Å². The van der Waals surface area contributed by atoms with Gasteiger partial charge in [0.2, 0.25) is 0 Å². The van der Waals surface area contributed by atoms with Crippen LogP contribution in [0.2, 0.25) is 0 Å². The van der Waals surface area contributed by atoms with E-state index in [1.807, 2.05) is 12.1 Å². The molecule has 25 heavy (non-hydrogen) atoms. The summed E-state index contributed by atoms with van der Waals surface area (Å²) in [5.74, 6) is 1.29. The highest BCUT2D eigenvalue weighted by molar-refractivity contribution is 9.09. The molecule has 3 rings (SSSR count). The number of rotatable bonds is 6. The van der Waals surface area contributed by atoms with E-state index >= 15 is 0 Å². The predicted molar refractivity (Wildman–Crippen MR) is 106 cm³/mol. The first-order valence-corrected chi connectivity index (χ1v) is 9.03. The van der Waals surface area contributed by atoms with Crippen LogP contribution in [-0.2, 0) is 0 Å². The first-order valence-electron chi connectivity index (χ1n) is 8.12. The molecule has 1 aliphatic rings. The molecule has 1 heterocycles. The van der Waals surface area contributed by atoms with E-state index in [0.717, 1.165) is 18.4 Å². The molecule has 1 saturated carbocycles. The van der Waals surface area contributed by atoms with Crippen LogP contribution in [0.1, 0.15) is 46.4 Å². The second-order valence-corrected chi connectivity index (χ2v) is 6.81. The van der Waals surface area contributed by atoms with Crippen LogP contribution in [0.15, 0.2) is 42.7 Å². The lowest BCUT2D eigenvalue weighted by Gasteiger charge is -2.17. The molecule has 4 nitrogen and oxygen atoms in total. The fourth-order valence-corrected chi connectivity index (χ4v) is 3.51. The maximum absolute atomic E-state index is 12.8. The standard InChI is InChI=1S/C19H20BrNO3.BrH/c1-23-16-7-6-14(12-17(16)24-15-4-2-3-5-15)19(22)18(20)13-8-10-21-11-9-13;/h6-12,15,18H,2-5H2,1H3;1H. The van der Waals surface area contributed by atoms with Gasteiger partial charge in [-0.2, -0.15) is 0 Å². The Morgan fingerprint density at radius 1 is 1.16 bits per heavy atom. The second kappa shape index (κ2) is 9.34. The first-order chi connectivity index (χ1) is 11.7. The smallest absolute Gasteiger partial charge is 0.181 e. The Morgan fingerprint density at radius 3 is 2.48 bits per heavy atom. The normalized spacial score (nSPS) is 15.3. The SMILES string of the molecule is Br.COc1ccc(C(=O)C(Br)c2ccncc2)cc1OC1CCCC1. The Kier molecular flexibility index (Phi) is 7.44. The van der Waals surface area contributed by atoms with Crippen LogP contribution in [-0.4, -0.2) is 24.0 Å². The van der Waals surface area contributed by atoms with Crippen molar-refractivity contribution in [2.75, 3.05) is 7.11 Å². The van der Waals surface area contributed by atoms with Crippen molar-refractivity contribution in [1.82, 2.24) is 4.98 Å². The number of benzene rings is 1. The molecule has 2 aromatic rings. The average molecular weight is 471 g/mol. The molecule has 1 unspecified atom stereocenters. The van der Waals surface area contributed by atoms with Crippen molar-refractivity contribution < 1.29 is 14.3 Å². The number of halogens is 2. The largest absolute Gasteiger partial charge is 0.493 e. The van der Waals surface area contributed by atoms with Crippen molar-refractivity contribution in [1.29, 1.82) is 0 Å². The molecule has 6 heteroatoms. The molecule has 1 aromatic heterocycles.